The molecular weight excluding hydrogens is 260 g/mol. The zero-order chi connectivity index (χ0) is 13.4. The lowest BCUT2D eigenvalue weighted by atomic mass is 9.78. The highest BCUT2D eigenvalue weighted by Gasteiger charge is 2.27. The van der Waals surface area contributed by atoms with E-state index in [-0.39, 0.29) is 18.3 Å². The summed E-state index contributed by atoms with van der Waals surface area (Å²) in [4.78, 5) is 11.9. The van der Waals surface area contributed by atoms with Crippen molar-refractivity contribution in [3.05, 3.63) is 0 Å². The van der Waals surface area contributed by atoms with E-state index in [9.17, 15) is 4.79 Å². The maximum Gasteiger partial charge on any atom is 0.220 e. The second-order valence-electron chi connectivity index (χ2n) is 5.89. The largest absolute Gasteiger partial charge is 0.353 e. The van der Waals surface area contributed by atoms with Gasteiger partial charge in [-0.3, -0.25) is 4.79 Å². The van der Waals surface area contributed by atoms with Crippen LogP contribution in [-0.2, 0) is 4.79 Å². The molecule has 0 aromatic rings. The van der Waals surface area contributed by atoms with Crippen molar-refractivity contribution in [2.45, 2.75) is 71.3 Å². The van der Waals surface area contributed by atoms with Gasteiger partial charge < -0.3 is 11.1 Å². The number of unbranched alkanes of at least 4 members (excludes halogenated alkanes) is 3. The predicted molar refractivity (Wildman–Crippen MR) is 83.5 cm³/mol. The van der Waals surface area contributed by atoms with E-state index in [4.69, 9.17) is 5.73 Å². The number of halogens is 1. The number of carbonyl (C=O) groups excluding carboxylic acids is 1. The summed E-state index contributed by atoms with van der Waals surface area (Å²) in [6.07, 6.45) is 8.77. The lowest BCUT2D eigenvalue weighted by Crippen LogP contribution is -2.43. The third-order valence-corrected chi connectivity index (χ3v) is 4.41. The van der Waals surface area contributed by atoms with Crippen LogP contribution in [0.5, 0.6) is 0 Å². The Labute approximate surface area is 124 Å². The summed E-state index contributed by atoms with van der Waals surface area (Å²) in [7, 11) is 0. The molecule has 3 unspecified atom stereocenters. The average Bonchev–Trinajstić information content (AvgIpc) is 2.35. The molecular formula is C15H31ClN2O. The van der Waals surface area contributed by atoms with E-state index in [1.165, 1.54) is 12.8 Å². The van der Waals surface area contributed by atoms with Crippen molar-refractivity contribution >= 4 is 18.3 Å². The van der Waals surface area contributed by atoms with Gasteiger partial charge in [-0.25, -0.2) is 0 Å². The Bertz CT molecular complexity index is 248. The van der Waals surface area contributed by atoms with Crippen molar-refractivity contribution in [1.29, 1.82) is 0 Å². The van der Waals surface area contributed by atoms with Gasteiger partial charge in [-0.15, -0.1) is 12.4 Å². The van der Waals surface area contributed by atoms with Crippen LogP contribution in [0.15, 0.2) is 0 Å². The molecule has 0 heterocycles. The monoisotopic (exact) mass is 290 g/mol. The lowest BCUT2D eigenvalue weighted by molar-refractivity contribution is -0.122. The Morgan fingerprint density at radius 3 is 2.53 bits per heavy atom. The minimum atomic E-state index is 0. The zero-order valence-electron chi connectivity index (χ0n) is 12.5. The van der Waals surface area contributed by atoms with Crippen molar-refractivity contribution in [3.8, 4) is 0 Å². The number of carbonyl (C=O) groups is 1. The van der Waals surface area contributed by atoms with Crippen molar-refractivity contribution in [1.82, 2.24) is 5.32 Å². The van der Waals surface area contributed by atoms with Gasteiger partial charge in [0.25, 0.3) is 0 Å². The molecule has 1 aliphatic rings. The van der Waals surface area contributed by atoms with Crippen molar-refractivity contribution in [2.24, 2.45) is 17.6 Å². The molecule has 0 saturated heterocycles. The fraction of sp³-hybridized carbons (Fsp3) is 0.933. The van der Waals surface area contributed by atoms with Gasteiger partial charge in [0.2, 0.25) is 5.91 Å². The quantitative estimate of drug-likeness (QED) is 0.707. The number of hydrogen-bond acceptors (Lipinski definition) is 2. The van der Waals surface area contributed by atoms with E-state index < -0.39 is 0 Å². The normalized spacial score (nSPS) is 26.6. The summed E-state index contributed by atoms with van der Waals surface area (Å²) in [6, 6.07) is 0.408. The Kier molecular flexibility index (Phi) is 10.3. The smallest absolute Gasteiger partial charge is 0.220 e. The van der Waals surface area contributed by atoms with E-state index in [1.807, 2.05) is 0 Å². The first kappa shape index (κ1) is 18.7. The lowest BCUT2D eigenvalue weighted by Gasteiger charge is -2.34. The molecule has 3 atom stereocenters. The van der Waals surface area contributed by atoms with Crippen LogP contribution in [0.3, 0.4) is 0 Å². The van der Waals surface area contributed by atoms with E-state index in [2.05, 4.69) is 19.2 Å². The van der Waals surface area contributed by atoms with Gasteiger partial charge in [0, 0.05) is 12.5 Å². The Balaban J connectivity index is 0.00000324. The molecule has 1 saturated carbocycles. The Hall–Kier alpha value is -0.280. The number of nitrogens with two attached hydrogens (primary N) is 1. The van der Waals surface area contributed by atoms with Gasteiger partial charge in [0.05, 0.1) is 0 Å². The van der Waals surface area contributed by atoms with E-state index in [0.717, 1.165) is 44.6 Å². The summed E-state index contributed by atoms with van der Waals surface area (Å²) in [5.74, 6) is 1.61. The van der Waals surface area contributed by atoms with E-state index in [0.29, 0.717) is 18.4 Å². The van der Waals surface area contributed by atoms with Crippen LogP contribution < -0.4 is 11.1 Å². The second-order valence-corrected chi connectivity index (χ2v) is 5.89. The topological polar surface area (TPSA) is 55.1 Å². The third-order valence-electron chi connectivity index (χ3n) is 4.41. The molecule has 19 heavy (non-hydrogen) atoms. The average molecular weight is 291 g/mol. The fourth-order valence-electron chi connectivity index (χ4n) is 2.85. The minimum Gasteiger partial charge on any atom is -0.353 e. The van der Waals surface area contributed by atoms with Gasteiger partial charge in [0.15, 0.2) is 0 Å². The number of nitrogens with one attached hydrogen (secondary N) is 1. The van der Waals surface area contributed by atoms with Crippen molar-refractivity contribution in [3.63, 3.8) is 0 Å². The van der Waals surface area contributed by atoms with Crippen molar-refractivity contribution in [2.75, 3.05) is 6.54 Å². The first-order valence-electron chi connectivity index (χ1n) is 7.64. The molecule has 1 rings (SSSR count). The predicted octanol–water partition coefficient (Wildman–Crippen LogP) is 3.26. The molecule has 1 fully saturated rings. The summed E-state index contributed by atoms with van der Waals surface area (Å²) in [5.41, 5.74) is 5.44. The molecule has 0 radical (unpaired) electrons. The molecule has 0 aliphatic heterocycles. The highest BCUT2D eigenvalue weighted by Crippen LogP contribution is 2.29. The van der Waals surface area contributed by atoms with Gasteiger partial charge in [-0.2, -0.15) is 0 Å². The van der Waals surface area contributed by atoms with Gasteiger partial charge >= 0.3 is 0 Å². The Morgan fingerprint density at radius 2 is 1.84 bits per heavy atom. The van der Waals surface area contributed by atoms with Gasteiger partial charge in [-0.05, 0) is 37.6 Å². The minimum absolute atomic E-state index is 0. The third kappa shape index (κ3) is 7.17. The van der Waals surface area contributed by atoms with Gasteiger partial charge in [0.1, 0.15) is 0 Å². The number of hydrogen-bond donors (Lipinski definition) is 2. The summed E-state index contributed by atoms with van der Waals surface area (Å²) in [5, 5.41) is 3.23. The van der Waals surface area contributed by atoms with Crippen LogP contribution >= 0.6 is 12.4 Å². The molecule has 4 heteroatoms. The summed E-state index contributed by atoms with van der Waals surface area (Å²) in [6.45, 7) is 5.34. The molecule has 0 aromatic carbocycles. The standard InChI is InChI=1S/C15H30N2O.ClH/c1-12-8-7-9-14(13(12)2)17-15(18)10-5-3-4-6-11-16;/h12-14H,3-11,16H2,1-2H3,(H,17,18);1H. The Morgan fingerprint density at radius 1 is 1.16 bits per heavy atom. The van der Waals surface area contributed by atoms with Crippen LogP contribution in [0.1, 0.15) is 65.2 Å². The van der Waals surface area contributed by atoms with Crippen LogP contribution in [-0.4, -0.2) is 18.5 Å². The van der Waals surface area contributed by atoms with Crippen LogP contribution in [0.4, 0.5) is 0 Å². The molecule has 0 bridgehead atoms. The molecule has 114 valence electrons. The highest BCUT2D eigenvalue weighted by atomic mass is 35.5. The second kappa shape index (κ2) is 10.5. The first-order chi connectivity index (χ1) is 8.65. The first-order valence-corrected chi connectivity index (χ1v) is 7.64. The summed E-state index contributed by atoms with van der Waals surface area (Å²) >= 11 is 0. The zero-order valence-corrected chi connectivity index (χ0v) is 13.3. The van der Waals surface area contributed by atoms with Crippen LogP contribution in [0, 0.1) is 11.8 Å². The maximum atomic E-state index is 11.9. The molecule has 1 aliphatic carbocycles. The van der Waals surface area contributed by atoms with Crippen LogP contribution in [0.2, 0.25) is 0 Å². The maximum absolute atomic E-state index is 11.9. The van der Waals surface area contributed by atoms with Crippen molar-refractivity contribution < 1.29 is 4.79 Å². The molecule has 0 spiro atoms. The van der Waals surface area contributed by atoms with E-state index in [1.54, 1.807) is 0 Å². The molecule has 1 amide bonds. The highest BCUT2D eigenvalue weighted by molar-refractivity contribution is 5.85. The van der Waals surface area contributed by atoms with Crippen LogP contribution in [0.25, 0.3) is 0 Å². The number of rotatable bonds is 7. The van der Waals surface area contributed by atoms with Gasteiger partial charge in [-0.1, -0.05) is 39.5 Å². The molecule has 3 N–H and O–H groups in total. The van der Waals surface area contributed by atoms with E-state index >= 15 is 0 Å². The fourth-order valence-corrected chi connectivity index (χ4v) is 2.85. The molecule has 0 aromatic heterocycles. The molecule has 3 nitrogen and oxygen atoms in total. The number of amides is 1. The SMILES string of the molecule is CC1CCCC(NC(=O)CCCCCCN)C1C.Cl. The summed E-state index contributed by atoms with van der Waals surface area (Å²) < 4.78 is 0.